The fourth-order valence-electron chi connectivity index (χ4n) is 2.08. The lowest BCUT2D eigenvalue weighted by molar-refractivity contribution is 0.0689. The molecule has 0 saturated carbocycles. The first kappa shape index (κ1) is 15.0. The monoisotopic (exact) mass is 289 g/mol. The number of ether oxygens (including phenoxy) is 1. The van der Waals surface area contributed by atoms with Gasteiger partial charge in [-0.3, -0.25) is 0 Å². The van der Waals surface area contributed by atoms with Crippen molar-refractivity contribution in [2.75, 3.05) is 6.61 Å². The van der Waals surface area contributed by atoms with E-state index in [1.54, 1.807) is 4.68 Å². The van der Waals surface area contributed by atoms with Gasteiger partial charge in [-0.15, -0.1) is 5.10 Å². The number of nitrogens with zero attached hydrogens (tertiary/aromatic N) is 3. The first-order chi connectivity index (χ1) is 10.2. The molecule has 6 nitrogen and oxygen atoms in total. The van der Waals surface area contributed by atoms with Crippen molar-refractivity contribution in [1.82, 2.24) is 15.0 Å². The number of rotatable bonds is 8. The molecule has 0 fully saturated rings. The highest BCUT2D eigenvalue weighted by atomic mass is 16.5. The number of carboxylic acid groups (broad SMARTS) is 1. The highest BCUT2D eigenvalue weighted by Gasteiger charge is 2.17. The van der Waals surface area contributed by atoms with Gasteiger partial charge in [0.1, 0.15) is 5.75 Å². The molecule has 0 aliphatic carbocycles. The molecule has 0 amide bonds. The van der Waals surface area contributed by atoms with E-state index in [0.29, 0.717) is 25.3 Å². The Morgan fingerprint density at radius 1 is 1.33 bits per heavy atom. The summed E-state index contributed by atoms with van der Waals surface area (Å²) < 4.78 is 7.27. The molecule has 112 valence electrons. The molecule has 0 saturated heterocycles. The summed E-state index contributed by atoms with van der Waals surface area (Å²) in [6, 6.07) is 9.59. The van der Waals surface area contributed by atoms with Crippen LogP contribution in [0.5, 0.6) is 5.75 Å². The second-order valence-electron chi connectivity index (χ2n) is 4.68. The molecule has 1 aromatic carbocycles. The number of hydrogen-bond donors (Lipinski definition) is 1. The van der Waals surface area contributed by atoms with Crippen LogP contribution in [0.25, 0.3) is 0 Å². The van der Waals surface area contributed by atoms with Crippen LogP contribution in [0, 0.1) is 0 Å². The summed E-state index contributed by atoms with van der Waals surface area (Å²) >= 11 is 0. The topological polar surface area (TPSA) is 77.2 Å². The number of aryl methyl sites for hydroxylation is 1. The molecular formula is C15H19N3O3. The smallest absolute Gasteiger partial charge is 0.358 e. The van der Waals surface area contributed by atoms with E-state index in [0.717, 1.165) is 18.6 Å². The molecule has 2 rings (SSSR count). The number of hydrogen-bond acceptors (Lipinski definition) is 4. The summed E-state index contributed by atoms with van der Waals surface area (Å²) in [7, 11) is 0. The number of carbonyl (C=O) groups is 1. The fraction of sp³-hybridized carbons (Fsp3) is 0.400. The number of benzene rings is 1. The van der Waals surface area contributed by atoms with Crippen molar-refractivity contribution in [3.05, 3.63) is 41.7 Å². The number of para-hydroxylation sites is 1. The van der Waals surface area contributed by atoms with Gasteiger partial charge in [0, 0.05) is 13.0 Å². The summed E-state index contributed by atoms with van der Waals surface area (Å²) in [5.41, 5.74) is 0.741. The van der Waals surface area contributed by atoms with Crippen molar-refractivity contribution in [2.45, 2.75) is 32.7 Å². The van der Waals surface area contributed by atoms with Gasteiger partial charge in [-0.05, 0) is 18.6 Å². The Balaban J connectivity index is 1.89. The van der Waals surface area contributed by atoms with Gasteiger partial charge in [-0.1, -0.05) is 36.8 Å². The average molecular weight is 289 g/mol. The van der Waals surface area contributed by atoms with Crippen molar-refractivity contribution in [3.8, 4) is 5.75 Å². The van der Waals surface area contributed by atoms with Gasteiger partial charge in [0.05, 0.1) is 12.3 Å². The molecule has 1 aromatic heterocycles. The van der Waals surface area contributed by atoms with Gasteiger partial charge < -0.3 is 9.84 Å². The van der Waals surface area contributed by atoms with Crippen molar-refractivity contribution in [2.24, 2.45) is 0 Å². The lowest BCUT2D eigenvalue weighted by Gasteiger charge is -2.08. The molecule has 0 radical (unpaired) electrons. The molecule has 0 bridgehead atoms. The van der Waals surface area contributed by atoms with E-state index >= 15 is 0 Å². The molecule has 0 aliphatic heterocycles. The summed E-state index contributed by atoms with van der Waals surface area (Å²) in [4.78, 5) is 11.1. The van der Waals surface area contributed by atoms with E-state index in [-0.39, 0.29) is 5.69 Å². The Morgan fingerprint density at radius 3 is 2.76 bits per heavy atom. The van der Waals surface area contributed by atoms with Crippen molar-refractivity contribution in [1.29, 1.82) is 0 Å². The molecule has 1 heterocycles. The maximum Gasteiger partial charge on any atom is 0.358 e. The quantitative estimate of drug-likeness (QED) is 0.755. The predicted octanol–water partition coefficient (Wildman–Crippen LogP) is 2.40. The van der Waals surface area contributed by atoms with Crippen molar-refractivity contribution >= 4 is 5.97 Å². The van der Waals surface area contributed by atoms with Gasteiger partial charge in [0.25, 0.3) is 0 Å². The maximum absolute atomic E-state index is 11.1. The molecule has 0 unspecified atom stereocenters. The maximum atomic E-state index is 11.1. The predicted molar refractivity (Wildman–Crippen MR) is 77.5 cm³/mol. The van der Waals surface area contributed by atoms with Crippen LogP contribution in [0.2, 0.25) is 0 Å². The average Bonchev–Trinajstić information content (AvgIpc) is 2.88. The molecule has 6 heteroatoms. The van der Waals surface area contributed by atoms with Gasteiger partial charge in [-0.25, -0.2) is 9.48 Å². The van der Waals surface area contributed by atoms with Crippen LogP contribution < -0.4 is 4.74 Å². The Kier molecular flexibility index (Phi) is 5.31. The second kappa shape index (κ2) is 7.42. The molecular weight excluding hydrogens is 270 g/mol. The molecule has 2 aromatic rings. The SMILES string of the molecule is CCCc1c(C(=O)O)nnn1CCCOc1ccccc1. The Hall–Kier alpha value is -2.37. The zero-order valence-electron chi connectivity index (χ0n) is 12.0. The van der Waals surface area contributed by atoms with Crippen LogP contribution >= 0.6 is 0 Å². The molecule has 1 N–H and O–H groups in total. The minimum atomic E-state index is -1.02. The third-order valence-corrected chi connectivity index (χ3v) is 3.05. The van der Waals surface area contributed by atoms with E-state index < -0.39 is 5.97 Å². The lowest BCUT2D eigenvalue weighted by atomic mass is 10.2. The normalized spacial score (nSPS) is 10.5. The summed E-state index contributed by atoms with van der Waals surface area (Å²) in [6.45, 7) is 3.15. The number of aromatic carboxylic acids is 1. The fourth-order valence-corrected chi connectivity index (χ4v) is 2.08. The minimum absolute atomic E-state index is 0.0563. The van der Waals surface area contributed by atoms with Crippen LogP contribution in [-0.2, 0) is 13.0 Å². The number of aromatic nitrogens is 3. The molecule has 0 aliphatic rings. The van der Waals surface area contributed by atoms with E-state index in [1.807, 2.05) is 37.3 Å². The van der Waals surface area contributed by atoms with E-state index in [9.17, 15) is 4.79 Å². The van der Waals surface area contributed by atoms with Crippen LogP contribution in [0.1, 0.15) is 35.9 Å². The first-order valence-corrected chi connectivity index (χ1v) is 7.06. The summed E-state index contributed by atoms with van der Waals surface area (Å²) in [5, 5.41) is 16.8. The van der Waals surface area contributed by atoms with Gasteiger partial charge >= 0.3 is 5.97 Å². The van der Waals surface area contributed by atoms with E-state index in [1.165, 1.54) is 0 Å². The van der Waals surface area contributed by atoms with Crippen LogP contribution in [0.15, 0.2) is 30.3 Å². The molecule has 0 atom stereocenters. The molecule has 21 heavy (non-hydrogen) atoms. The Labute approximate surface area is 123 Å². The van der Waals surface area contributed by atoms with Crippen molar-refractivity contribution < 1.29 is 14.6 Å². The van der Waals surface area contributed by atoms with Gasteiger partial charge in [-0.2, -0.15) is 0 Å². The van der Waals surface area contributed by atoms with Crippen LogP contribution in [-0.4, -0.2) is 32.7 Å². The third kappa shape index (κ3) is 4.05. The Morgan fingerprint density at radius 2 is 2.10 bits per heavy atom. The van der Waals surface area contributed by atoms with Gasteiger partial charge in [0.15, 0.2) is 5.69 Å². The summed E-state index contributed by atoms with van der Waals surface area (Å²) in [5.74, 6) is -0.193. The Bertz CT molecular complexity index is 581. The molecule has 0 spiro atoms. The standard InChI is InChI=1S/C15H19N3O3/c1-2-7-13-14(15(19)20)16-17-18(13)10-6-11-21-12-8-4-3-5-9-12/h3-5,8-9H,2,6-7,10-11H2,1H3,(H,19,20). The number of carboxylic acids is 1. The van der Waals surface area contributed by atoms with E-state index in [2.05, 4.69) is 10.3 Å². The van der Waals surface area contributed by atoms with Crippen LogP contribution in [0.4, 0.5) is 0 Å². The largest absolute Gasteiger partial charge is 0.494 e. The summed E-state index contributed by atoms with van der Waals surface area (Å²) in [6.07, 6.45) is 2.26. The lowest BCUT2D eigenvalue weighted by Crippen LogP contribution is -2.11. The van der Waals surface area contributed by atoms with Crippen LogP contribution in [0.3, 0.4) is 0 Å². The minimum Gasteiger partial charge on any atom is -0.494 e. The van der Waals surface area contributed by atoms with E-state index in [4.69, 9.17) is 9.84 Å². The zero-order valence-corrected chi connectivity index (χ0v) is 12.0. The first-order valence-electron chi connectivity index (χ1n) is 7.06. The van der Waals surface area contributed by atoms with Gasteiger partial charge in [0.2, 0.25) is 0 Å². The van der Waals surface area contributed by atoms with Crippen molar-refractivity contribution in [3.63, 3.8) is 0 Å². The zero-order chi connectivity index (χ0) is 15.1. The highest BCUT2D eigenvalue weighted by Crippen LogP contribution is 2.11. The second-order valence-corrected chi connectivity index (χ2v) is 4.68. The highest BCUT2D eigenvalue weighted by molar-refractivity contribution is 5.86. The third-order valence-electron chi connectivity index (χ3n) is 3.05.